The van der Waals surface area contributed by atoms with Crippen LogP contribution >= 0.6 is 0 Å². The molecule has 2 aliphatic rings. The second-order valence-electron chi connectivity index (χ2n) is 5.60. The van der Waals surface area contributed by atoms with Gasteiger partial charge in [0.1, 0.15) is 0 Å². The fourth-order valence-electron chi connectivity index (χ4n) is 3.47. The van der Waals surface area contributed by atoms with Gasteiger partial charge in [0.05, 0.1) is 0 Å². The third kappa shape index (κ3) is 1.17. The number of piperazine rings is 1. The Morgan fingerprint density at radius 3 is 1.50 bits per heavy atom. The van der Waals surface area contributed by atoms with Crippen molar-refractivity contribution in [3.8, 4) is 0 Å². The van der Waals surface area contributed by atoms with Crippen LogP contribution < -0.4 is 0 Å². The lowest BCUT2D eigenvalue weighted by Gasteiger charge is -2.62. The molecule has 1 aliphatic carbocycles. The van der Waals surface area contributed by atoms with Crippen molar-refractivity contribution in [2.45, 2.75) is 50.6 Å². The van der Waals surface area contributed by atoms with Crippen LogP contribution in [0.1, 0.15) is 39.5 Å². The van der Waals surface area contributed by atoms with Crippen molar-refractivity contribution in [2.75, 3.05) is 27.2 Å². The molecule has 82 valence electrons. The summed E-state index contributed by atoms with van der Waals surface area (Å²) in [7, 11) is 4.60. The van der Waals surface area contributed by atoms with E-state index in [2.05, 4.69) is 37.7 Å². The molecule has 0 radical (unpaired) electrons. The first-order valence-electron chi connectivity index (χ1n) is 5.93. The fourth-order valence-corrected chi connectivity index (χ4v) is 3.47. The molecule has 1 heterocycles. The Morgan fingerprint density at radius 2 is 1.14 bits per heavy atom. The summed E-state index contributed by atoms with van der Waals surface area (Å²) in [4.78, 5) is 5.18. The molecule has 14 heavy (non-hydrogen) atoms. The zero-order valence-corrected chi connectivity index (χ0v) is 10.1. The average molecular weight is 196 g/mol. The normalized spacial score (nSPS) is 46.3. The second kappa shape index (κ2) is 3.21. The molecule has 2 fully saturated rings. The molecule has 2 atom stereocenters. The molecular weight excluding hydrogens is 172 g/mol. The first-order valence-corrected chi connectivity index (χ1v) is 5.93. The Hall–Kier alpha value is -0.0800. The maximum atomic E-state index is 2.59. The van der Waals surface area contributed by atoms with Gasteiger partial charge in [0, 0.05) is 24.2 Å². The Labute approximate surface area is 88.3 Å². The molecule has 1 saturated carbocycles. The van der Waals surface area contributed by atoms with E-state index in [1.807, 2.05) is 0 Å². The summed E-state index contributed by atoms with van der Waals surface area (Å²) in [5.74, 6) is 0. The standard InChI is InChI=1S/C12H24N2/c1-11-7-5-6-8-12(11,2)14(4)10-9-13(11)3/h5-10H2,1-4H3/t11-,12+. The molecule has 0 aromatic rings. The van der Waals surface area contributed by atoms with Crippen molar-refractivity contribution in [1.29, 1.82) is 0 Å². The first kappa shape index (κ1) is 10.4. The number of fused-ring (bicyclic) bond motifs is 1. The Kier molecular flexibility index (Phi) is 2.39. The Balaban J connectivity index is 2.33. The van der Waals surface area contributed by atoms with Gasteiger partial charge in [-0.25, -0.2) is 0 Å². The van der Waals surface area contributed by atoms with Crippen LogP contribution in [0.2, 0.25) is 0 Å². The molecule has 2 heteroatoms. The molecule has 0 bridgehead atoms. The molecule has 2 nitrogen and oxygen atoms in total. The smallest absolute Gasteiger partial charge is 0.0359 e. The number of hydrogen-bond acceptors (Lipinski definition) is 2. The Morgan fingerprint density at radius 1 is 0.786 bits per heavy atom. The van der Waals surface area contributed by atoms with Crippen LogP contribution in [0.4, 0.5) is 0 Å². The lowest BCUT2D eigenvalue weighted by Crippen LogP contribution is -2.72. The maximum absolute atomic E-state index is 2.59. The molecule has 0 aromatic carbocycles. The van der Waals surface area contributed by atoms with E-state index < -0.39 is 0 Å². The van der Waals surface area contributed by atoms with Gasteiger partial charge in [0.15, 0.2) is 0 Å². The van der Waals surface area contributed by atoms with Gasteiger partial charge in [-0.15, -0.1) is 0 Å². The summed E-state index contributed by atoms with van der Waals surface area (Å²) in [5.41, 5.74) is 0.802. The van der Waals surface area contributed by atoms with Crippen LogP contribution in [0, 0.1) is 0 Å². The van der Waals surface area contributed by atoms with E-state index in [1.165, 1.54) is 38.8 Å². The van der Waals surface area contributed by atoms with Crippen molar-refractivity contribution >= 4 is 0 Å². The maximum Gasteiger partial charge on any atom is 0.0359 e. The zero-order valence-electron chi connectivity index (χ0n) is 10.1. The molecule has 0 N–H and O–H groups in total. The minimum absolute atomic E-state index is 0.401. The summed E-state index contributed by atoms with van der Waals surface area (Å²) in [5, 5.41) is 0. The molecule has 0 unspecified atom stereocenters. The first-order chi connectivity index (χ1) is 6.51. The average Bonchev–Trinajstić information content (AvgIpc) is 2.16. The van der Waals surface area contributed by atoms with Gasteiger partial charge in [-0.2, -0.15) is 0 Å². The van der Waals surface area contributed by atoms with Gasteiger partial charge in [0.25, 0.3) is 0 Å². The summed E-state index contributed by atoms with van der Waals surface area (Å²) >= 11 is 0. The van der Waals surface area contributed by atoms with E-state index in [-0.39, 0.29) is 0 Å². The molecule has 0 spiro atoms. The quantitative estimate of drug-likeness (QED) is 0.584. The van der Waals surface area contributed by atoms with Gasteiger partial charge in [-0.3, -0.25) is 9.80 Å². The summed E-state index contributed by atoms with van der Waals surface area (Å²) < 4.78 is 0. The fraction of sp³-hybridized carbons (Fsp3) is 1.00. The van der Waals surface area contributed by atoms with E-state index in [0.29, 0.717) is 11.1 Å². The summed E-state index contributed by atoms with van der Waals surface area (Å²) in [6, 6.07) is 0. The number of rotatable bonds is 0. The van der Waals surface area contributed by atoms with E-state index in [4.69, 9.17) is 0 Å². The molecular formula is C12H24N2. The van der Waals surface area contributed by atoms with Crippen molar-refractivity contribution < 1.29 is 0 Å². The summed E-state index contributed by atoms with van der Waals surface area (Å²) in [6.45, 7) is 7.37. The SMILES string of the molecule is CN1CCN(C)[C@@]2(C)CCCC[C@@]12C. The third-order valence-electron chi connectivity index (χ3n) is 5.19. The van der Waals surface area contributed by atoms with Crippen LogP contribution in [0.3, 0.4) is 0 Å². The van der Waals surface area contributed by atoms with Crippen LogP contribution in [0.25, 0.3) is 0 Å². The predicted octanol–water partition coefficient (Wildman–Crippen LogP) is 1.95. The van der Waals surface area contributed by atoms with Crippen LogP contribution in [-0.2, 0) is 0 Å². The third-order valence-corrected chi connectivity index (χ3v) is 5.19. The van der Waals surface area contributed by atoms with Crippen LogP contribution in [-0.4, -0.2) is 48.1 Å². The highest BCUT2D eigenvalue weighted by atomic mass is 15.3. The molecule has 2 rings (SSSR count). The molecule has 1 aliphatic heterocycles. The van der Waals surface area contributed by atoms with Gasteiger partial charge < -0.3 is 0 Å². The highest BCUT2D eigenvalue weighted by molar-refractivity contribution is 5.11. The molecule has 0 amide bonds. The van der Waals surface area contributed by atoms with E-state index in [9.17, 15) is 0 Å². The van der Waals surface area contributed by atoms with Gasteiger partial charge in [0.2, 0.25) is 0 Å². The van der Waals surface area contributed by atoms with Crippen molar-refractivity contribution in [3.05, 3.63) is 0 Å². The lowest BCUT2D eigenvalue weighted by molar-refractivity contribution is -0.103. The molecule has 0 aromatic heterocycles. The lowest BCUT2D eigenvalue weighted by atomic mass is 9.66. The van der Waals surface area contributed by atoms with E-state index >= 15 is 0 Å². The van der Waals surface area contributed by atoms with Crippen molar-refractivity contribution in [1.82, 2.24) is 9.80 Å². The highest BCUT2D eigenvalue weighted by Gasteiger charge is 2.53. The van der Waals surface area contributed by atoms with E-state index in [0.717, 1.165) is 0 Å². The van der Waals surface area contributed by atoms with Crippen LogP contribution in [0.5, 0.6) is 0 Å². The second-order valence-corrected chi connectivity index (χ2v) is 5.60. The number of likely N-dealkylation sites (N-methyl/N-ethyl adjacent to an activating group) is 2. The number of hydrogen-bond donors (Lipinski definition) is 0. The van der Waals surface area contributed by atoms with Crippen molar-refractivity contribution in [3.63, 3.8) is 0 Å². The van der Waals surface area contributed by atoms with Crippen molar-refractivity contribution in [2.24, 2.45) is 0 Å². The predicted molar refractivity (Wildman–Crippen MR) is 60.5 cm³/mol. The highest BCUT2D eigenvalue weighted by Crippen LogP contribution is 2.45. The Bertz CT molecular complexity index is 204. The number of nitrogens with zero attached hydrogens (tertiary/aromatic N) is 2. The van der Waals surface area contributed by atoms with E-state index in [1.54, 1.807) is 0 Å². The van der Waals surface area contributed by atoms with Crippen LogP contribution in [0.15, 0.2) is 0 Å². The summed E-state index contributed by atoms with van der Waals surface area (Å²) in [6.07, 6.45) is 5.54. The topological polar surface area (TPSA) is 6.48 Å². The van der Waals surface area contributed by atoms with Gasteiger partial charge in [-0.05, 0) is 40.8 Å². The minimum atomic E-state index is 0.401. The zero-order chi connectivity index (χ0) is 10.4. The molecule has 1 saturated heterocycles. The van der Waals surface area contributed by atoms with Gasteiger partial charge in [-0.1, -0.05) is 12.8 Å². The largest absolute Gasteiger partial charge is 0.298 e. The van der Waals surface area contributed by atoms with Gasteiger partial charge >= 0.3 is 0 Å². The minimum Gasteiger partial charge on any atom is -0.298 e. The monoisotopic (exact) mass is 196 g/mol.